The van der Waals surface area contributed by atoms with Crippen molar-refractivity contribution in [2.45, 2.75) is 89.1 Å². The Morgan fingerprint density at radius 1 is 1.20 bits per heavy atom. The lowest BCUT2D eigenvalue weighted by atomic mass is 9.78. The van der Waals surface area contributed by atoms with E-state index >= 15 is 0 Å². The molecule has 2 unspecified atom stereocenters. The molecule has 2 aliphatic carbocycles. The van der Waals surface area contributed by atoms with Crippen LogP contribution in [0.5, 0.6) is 0 Å². The number of allylic oxidation sites excluding steroid dienone is 2. The molecule has 7 heteroatoms. The van der Waals surface area contributed by atoms with Crippen LogP contribution in [0.25, 0.3) is 0 Å². The predicted molar refractivity (Wildman–Crippen MR) is 117 cm³/mol. The molecule has 0 aromatic carbocycles. The van der Waals surface area contributed by atoms with Crippen molar-refractivity contribution in [3.8, 4) is 0 Å². The third-order valence-corrected chi connectivity index (χ3v) is 7.09. The summed E-state index contributed by atoms with van der Waals surface area (Å²) < 4.78 is 14.4. The summed E-state index contributed by atoms with van der Waals surface area (Å²) in [6.07, 6.45) is 10.3. The molecule has 2 atom stereocenters. The van der Waals surface area contributed by atoms with Crippen LogP contribution < -0.4 is 0 Å². The number of carbonyl (C=O) groups is 1. The molecule has 0 saturated heterocycles. The summed E-state index contributed by atoms with van der Waals surface area (Å²) in [4.78, 5) is 24.5. The fourth-order valence-corrected chi connectivity index (χ4v) is 5.50. The van der Waals surface area contributed by atoms with E-state index in [4.69, 9.17) is 0 Å². The molecule has 1 aromatic rings. The third-order valence-electron chi connectivity index (χ3n) is 6.11. The summed E-state index contributed by atoms with van der Waals surface area (Å²) in [5.41, 5.74) is 1.76. The van der Waals surface area contributed by atoms with Crippen molar-refractivity contribution in [2.75, 3.05) is 6.26 Å². The quantitative estimate of drug-likeness (QED) is 0.439. The van der Waals surface area contributed by atoms with Crippen LogP contribution in [0.2, 0.25) is 0 Å². The van der Waals surface area contributed by atoms with E-state index < -0.39 is 16.7 Å². The van der Waals surface area contributed by atoms with Gasteiger partial charge in [-0.1, -0.05) is 39.0 Å². The second-order valence-electron chi connectivity index (χ2n) is 8.48. The number of aromatic nitrogens is 2. The smallest absolute Gasteiger partial charge is 0.163 e. The average Bonchev–Trinajstić information content (AvgIpc) is 3.46. The molecule has 0 spiro atoms. The van der Waals surface area contributed by atoms with Crippen LogP contribution in [0, 0.1) is 12.8 Å². The largest absolute Gasteiger partial charge is 0.506 e. The third kappa shape index (κ3) is 4.68. The topological polar surface area (TPSA) is 89.3 Å². The van der Waals surface area contributed by atoms with Crippen molar-refractivity contribution < 1.29 is 18.9 Å². The molecule has 0 radical (unpaired) electrons. The van der Waals surface area contributed by atoms with Crippen LogP contribution in [-0.2, 0) is 26.9 Å². The van der Waals surface area contributed by atoms with Gasteiger partial charge < -0.3 is 5.11 Å². The molecule has 3 rings (SSSR count). The molecule has 0 amide bonds. The Balaban J connectivity index is 1.88. The number of aliphatic hydroxyl groups excluding tert-OH is 1. The van der Waals surface area contributed by atoms with Crippen molar-refractivity contribution in [1.29, 1.82) is 0 Å². The first-order valence-corrected chi connectivity index (χ1v) is 12.6. The molecule has 164 valence electrons. The maximum absolute atomic E-state index is 12.8. The Labute approximate surface area is 180 Å². The van der Waals surface area contributed by atoms with Crippen LogP contribution in [0.4, 0.5) is 0 Å². The summed E-state index contributed by atoms with van der Waals surface area (Å²) in [5, 5.41) is 15.8. The maximum atomic E-state index is 12.8. The maximum Gasteiger partial charge on any atom is 0.163 e. The summed E-state index contributed by atoms with van der Waals surface area (Å²) in [6, 6.07) is 0. The molecule has 0 bridgehead atoms. The first kappa shape index (κ1) is 22.7. The van der Waals surface area contributed by atoms with Crippen LogP contribution >= 0.6 is 0 Å². The lowest BCUT2D eigenvalue weighted by molar-refractivity contribution is -0.116. The van der Waals surface area contributed by atoms with E-state index in [9.17, 15) is 18.9 Å². The molecule has 1 fully saturated rings. The standard InChI is InChI=1S/C23H32N2O4S/c1-4-5-6-7-8-9-12-25-23(30(3)29)20(15(2)24-25)17-13-19(27)21(16-10-11-16)22(28)18(17)14-26/h16-17,28H,4-13H2,1-3H3. The van der Waals surface area contributed by atoms with Gasteiger partial charge in [0.25, 0.3) is 0 Å². The van der Waals surface area contributed by atoms with E-state index in [1.165, 1.54) is 25.7 Å². The number of unbranched alkanes of at least 4 members (excludes halogenated alkanes) is 5. The Kier molecular flexibility index (Phi) is 7.48. The van der Waals surface area contributed by atoms with Gasteiger partial charge in [-0.2, -0.15) is 5.10 Å². The van der Waals surface area contributed by atoms with Gasteiger partial charge in [-0.3, -0.25) is 13.7 Å². The van der Waals surface area contributed by atoms with Gasteiger partial charge in [-0.15, -0.1) is 0 Å². The number of carbonyl (C=O) groups excluding carboxylic acids is 2. The monoisotopic (exact) mass is 432 g/mol. The van der Waals surface area contributed by atoms with Crippen LogP contribution in [-0.4, -0.2) is 37.1 Å². The number of rotatable bonds is 10. The van der Waals surface area contributed by atoms with Gasteiger partial charge in [-0.25, -0.2) is 4.79 Å². The van der Waals surface area contributed by atoms with Gasteiger partial charge in [0.2, 0.25) is 0 Å². The van der Waals surface area contributed by atoms with E-state index in [2.05, 4.69) is 12.0 Å². The van der Waals surface area contributed by atoms with Crippen molar-refractivity contribution in [2.24, 2.45) is 5.92 Å². The fourth-order valence-electron chi connectivity index (χ4n) is 4.47. The first-order chi connectivity index (χ1) is 14.4. The zero-order chi connectivity index (χ0) is 21.8. The Bertz CT molecular complexity index is 920. The fraction of sp³-hybridized carbons (Fsp3) is 0.652. The number of Topliss-reactive ketones (excluding diaryl/α,β-unsaturated/α-hetero) is 1. The zero-order valence-corrected chi connectivity index (χ0v) is 19.0. The molecule has 30 heavy (non-hydrogen) atoms. The molecular formula is C23H32N2O4S. The molecule has 1 saturated carbocycles. The van der Waals surface area contributed by atoms with E-state index in [0.29, 0.717) is 28.4 Å². The Morgan fingerprint density at radius 3 is 2.47 bits per heavy atom. The van der Waals surface area contributed by atoms with E-state index in [0.717, 1.165) is 25.7 Å². The zero-order valence-electron chi connectivity index (χ0n) is 18.2. The normalized spacial score (nSPS) is 20.6. The molecular weight excluding hydrogens is 400 g/mol. The molecule has 1 aromatic heterocycles. The molecule has 1 heterocycles. The van der Waals surface area contributed by atoms with Gasteiger partial charge in [-0.05, 0) is 32.1 Å². The SMILES string of the molecule is CCCCCCCCn1nc(C)c(C2CC(=O)C(C3CC3)=C(O)C2=C=O)c1S(C)=O. The summed E-state index contributed by atoms with van der Waals surface area (Å²) in [6.45, 7) is 4.65. The van der Waals surface area contributed by atoms with Crippen molar-refractivity contribution in [3.63, 3.8) is 0 Å². The predicted octanol–water partition coefficient (Wildman–Crippen LogP) is 4.33. The highest BCUT2D eigenvalue weighted by Gasteiger charge is 2.43. The molecule has 0 aliphatic heterocycles. The highest BCUT2D eigenvalue weighted by molar-refractivity contribution is 7.84. The van der Waals surface area contributed by atoms with Crippen LogP contribution in [0.15, 0.2) is 21.9 Å². The average molecular weight is 433 g/mol. The number of hydrogen-bond donors (Lipinski definition) is 1. The number of ketones is 1. The summed E-state index contributed by atoms with van der Waals surface area (Å²) >= 11 is 0. The van der Waals surface area contributed by atoms with Gasteiger partial charge in [0.15, 0.2) is 5.78 Å². The number of aliphatic hydroxyl groups is 1. The van der Waals surface area contributed by atoms with Gasteiger partial charge >= 0.3 is 0 Å². The number of hydrogen-bond acceptors (Lipinski definition) is 5. The summed E-state index contributed by atoms with van der Waals surface area (Å²) in [7, 11) is -1.34. The Morgan fingerprint density at radius 2 is 1.87 bits per heavy atom. The minimum Gasteiger partial charge on any atom is -0.506 e. The van der Waals surface area contributed by atoms with E-state index in [1.54, 1.807) is 10.9 Å². The highest BCUT2D eigenvalue weighted by Crippen LogP contribution is 2.47. The van der Waals surface area contributed by atoms with Crippen molar-refractivity contribution in [1.82, 2.24) is 9.78 Å². The molecule has 6 nitrogen and oxygen atoms in total. The van der Waals surface area contributed by atoms with Crippen molar-refractivity contribution >= 4 is 22.5 Å². The highest BCUT2D eigenvalue weighted by atomic mass is 32.2. The lowest BCUT2D eigenvalue weighted by Gasteiger charge is -2.25. The molecule has 2 aliphatic rings. The lowest BCUT2D eigenvalue weighted by Crippen LogP contribution is -2.23. The second-order valence-corrected chi connectivity index (χ2v) is 9.78. The van der Waals surface area contributed by atoms with Gasteiger partial charge in [0.1, 0.15) is 16.7 Å². The van der Waals surface area contributed by atoms with Gasteiger partial charge in [0.05, 0.1) is 22.1 Å². The summed E-state index contributed by atoms with van der Waals surface area (Å²) in [5.74, 6) is 0.943. The van der Waals surface area contributed by atoms with Gasteiger partial charge in [0, 0.05) is 36.3 Å². The minimum atomic E-state index is -1.34. The minimum absolute atomic E-state index is 0.0538. The van der Waals surface area contributed by atoms with Crippen LogP contribution in [0.3, 0.4) is 0 Å². The first-order valence-electron chi connectivity index (χ1n) is 11.0. The van der Waals surface area contributed by atoms with E-state index in [-0.39, 0.29) is 29.5 Å². The van der Waals surface area contributed by atoms with E-state index in [1.807, 2.05) is 12.9 Å². The number of nitrogens with zero attached hydrogens (tertiary/aromatic N) is 2. The second kappa shape index (κ2) is 9.88. The van der Waals surface area contributed by atoms with Crippen molar-refractivity contribution in [3.05, 3.63) is 28.2 Å². The Hall–Kier alpha value is -1.98. The van der Waals surface area contributed by atoms with Crippen LogP contribution in [0.1, 0.15) is 81.9 Å². The number of aryl methyl sites for hydroxylation is 2. The molecule has 1 N–H and O–H groups in total.